The normalized spacial score (nSPS) is 18.5. The second-order valence-electron chi connectivity index (χ2n) is 6.03. The van der Waals surface area contributed by atoms with Gasteiger partial charge in [-0.2, -0.15) is 0 Å². The molecule has 1 amide bonds. The average Bonchev–Trinajstić information content (AvgIpc) is 3.25. The summed E-state index contributed by atoms with van der Waals surface area (Å²) in [5, 5.41) is 2.96. The molecule has 24 heavy (non-hydrogen) atoms. The maximum atomic E-state index is 12.9. The Morgan fingerprint density at radius 3 is 2.92 bits per heavy atom. The summed E-state index contributed by atoms with van der Waals surface area (Å²) < 4.78 is 24.1. The molecule has 1 saturated heterocycles. The number of aromatic nitrogens is 1. The van der Waals surface area contributed by atoms with E-state index >= 15 is 0 Å². The van der Waals surface area contributed by atoms with Crippen molar-refractivity contribution in [3.05, 3.63) is 42.2 Å². The van der Waals surface area contributed by atoms with Crippen molar-refractivity contribution in [1.29, 1.82) is 0 Å². The van der Waals surface area contributed by atoms with Crippen molar-refractivity contribution in [2.45, 2.75) is 44.8 Å². The number of carbonyl (C=O) groups excluding carboxylic acids is 1. The van der Waals surface area contributed by atoms with Gasteiger partial charge in [0, 0.05) is 25.0 Å². The largest absolute Gasteiger partial charge is 0.441 e. The Kier molecular flexibility index (Phi) is 5.25. The summed E-state index contributed by atoms with van der Waals surface area (Å²) >= 11 is 0. The lowest BCUT2D eigenvalue weighted by Gasteiger charge is -2.19. The van der Waals surface area contributed by atoms with E-state index in [9.17, 15) is 9.18 Å². The van der Waals surface area contributed by atoms with Crippen LogP contribution in [-0.4, -0.2) is 29.6 Å². The molecule has 5 nitrogen and oxygen atoms in total. The number of ether oxygens (including phenoxy) is 1. The van der Waals surface area contributed by atoms with Crippen LogP contribution in [0.3, 0.4) is 0 Å². The van der Waals surface area contributed by atoms with Gasteiger partial charge >= 0.3 is 0 Å². The number of carbonyl (C=O) groups is 1. The summed E-state index contributed by atoms with van der Waals surface area (Å²) in [4.78, 5) is 16.2. The lowest BCUT2D eigenvalue weighted by Crippen LogP contribution is -2.40. The van der Waals surface area contributed by atoms with Gasteiger partial charge in [0.15, 0.2) is 11.7 Å². The molecule has 0 bridgehead atoms. The van der Waals surface area contributed by atoms with Gasteiger partial charge in [0.25, 0.3) is 0 Å². The van der Waals surface area contributed by atoms with Crippen LogP contribution in [0.4, 0.5) is 4.39 Å². The molecule has 3 rings (SSSR count). The van der Waals surface area contributed by atoms with Crippen LogP contribution in [0.1, 0.15) is 32.1 Å². The zero-order chi connectivity index (χ0) is 16.9. The van der Waals surface area contributed by atoms with Crippen LogP contribution in [0.5, 0.6) is 0 Å². The molecule has 6 heteroatoms. The molecule has 1 aromatic heterocycles. The zero-order valence-corrected chi connectivity index (χ0v) is 13.6. The van der Waals surface area contributed by atoms with Crippen molar-refractivity contribution in [2.75, 3.05) is 6.61 Å². The van der Waals surface area contributed by atoms with Crippen LogP contribution in [0.25, 0.3) is 11.3 Å². The van der Waals surface area contributed by atoms with Crippen molar-refractivity contribution < 1.29 is 18.3 Å². The van der Waals surface area contributed by atoms with Crippen LogP contribution < -0.4 is 5.32 Å². The van der Waals surface area contributed by atoms with Gasteiger partial charge in [-0.1, -0.05) is 0 Å². The number of aryl methyl sites for hydroxylation is 1. The van der Waals surface area contributed by atoms with E-state index in [1.165, 1.54) is 12.1 Å². The van der Waals surface area contributed by atoms with E-state index in [2.05, 4.69) is 10.3 Å². The maximum absolute atomic E-state index is 12.9. The van der Waals surface area contributed by atoms with E-state index in [1.54, 1.807) is 18.3 Å². The maximum Gasteiger partial charge on any atom is 0.220 e. The topological polar surface area (TPSA) is 64.4 Å². The summed E-state index contributed by atoms with van der Waals surface area (Å²) in [5.74, 6) is 0.724. The number of rotatable bonds is 6. The van der Waals surface area contributed by atoms with E-state index in [-0.39, 0.29) is 23.9 Å². The van der Waals surface area contributed by atoms with Gasteiger partial charge in [0.2, 0.25) is 5.91 Å². The first-order valence-corrected chi connectivity index (χ1v) is 8.23. The summed E-state index contributed by atoms with van der Waals surface area (Å²) in [6, 6.07) is 6.03. The number of halogens is 1. The Morgan fingerprint density at radius 2 is 2.21 bits per heavy atom. The van der Waals surface area contributed by atoms with E-state index < -0.39 is 0 Å². The lowest BCUT2D eigenvalue weighted by molar-refractivity contribution is -0.122. The minimum Gasteiger partial charge on any atom is -0.441 e. The Labute approximate surface area is 140 Å². The second-order valence-corrected chi connectivity index (χ2v) is 6.03. The molecule has 1 aliphatic heterocycles. The van der Waals surface area contributed by atoms with Crippen LogP contribution in [-0.2, 0) is 16.0 Å². The van der Waals surface area contributed by atoms with E-state index in [0.717, 1.165) is 25.0 Å². The summed E-state index contributed by atoms with van der Waals surface area (Å²) in [5.41, 5.74) is 0.756. The summed E-state index contributed by atoms with van der Waals surface area (Å²) in [7, 11) is 0. The number of oxazole rings is 1. The monoisotopic (exact) mass is 332 g/mol. The summed E-state index contributed by atoms with van der Waals surface area (Å²) in [6.45, 7) is 2.74. The zero-order valence-electron chi connectivity index (χ0n) is 13.6. The fourth-order valence-corrected chi connectivity index (χ4v) is 2.81. The van der Waals surface area contributed by atoms with Crippen molar-refractivity contribution in [3.8, 4) is 11.3 Å². The molecule has 1 aliphatic rings. The number of nitrogens with zero attached hydrogens (tertiary/aromatic N) is 1. The minimum atomic E-state index is -0.296. The van der Waals surface area contributed by atoms with Gasteiger partial charge < -0.3 is 14.5 Å². The van der Waals surface area contributed by atoms with Crippen LogP contribution in [0, 0.1) is 5.82 Å². The molecule has 1 N–H and O–H groups in total. The molecular formula is C18H21FN2O3. The Bertz CT molecular complexity index is 678. The molecule has 0 unspecified atom stereocenters. The molecule has 1 fully saturated rings. The Morgan fingerprint density at radius 1 is 1.42 bits per heavy atom. The molecule has 0 saturated carbocycles. The first kappa shape index (κ1) is 16.6. The standard InChI is InChI=1S/C18H21FN2O3/c1-12(15-3-2-10-23-15)21-17(22)8-9-18-20-11-16(24-18)13-4-6-14(19)7-5-13/h4-7,11-12,15H,2-3,8-10H2,1H3,(H,21,22)/t12-,15+/m0/s1. The molecular weight excluding hydrogens is 311 g/mol. The number of hydrogen-bond acceptors (Lipinski definition) is 4. The quantitative estimate of drug-likeness (QED) is 0.883. The molecule has 2 heterocycles. The molecule has 128 valence electrons. The highest BCUT2D eigenvalue weighted by Crippen LogP contribution is 2.21. The Balaban J connectivity index is 1.49. The predicted molar refractivity (Wildman–Crippen MR) is 86.8 cm³/mol. The van der Waals surface area contributed by atoms with Crippen molar-refractivity contribution in [2.24, 2.45) is 0 Å². The third kappa shape index (κ3) is 4.20. The van der Waals surface area contributed by atoms with Crippen molar-refractivity contribution >= 4 is 5.91 Å². The van der Waals surface area contributed by atoms with Crippen LogP contribution in [0.15, 0.2) is 34.9 Å². The van der Waals surface area contributed by atoms with Gasteiger partial charge in [-0.25, -0.2) is 9.37 Å². The van der Waals surface area contributed by atoms with Crippen LogP contribution >= 0.6 is 0 Å². The number of benzene rings is 1. The highest BCUT2D eigenvalue weighted by atomic mass is 19.1. The number of hydrogen-bond donors (Lipinski definition) is 1. The van der Waals surface area contributed by atoms with E-state index in [0.29, 0.717) is 24.5 Å². The smallest absolute Gasteiger partial charge is 0.220 e. The van der Waals surface area contributed by atoms with Crippen molar-refractivity contribution in [1.82, 2.24) is 10.3 Å². The van der Waals surface area contributed by atoms with E-state index in [1.807, 2.05) is 6.92 Å². The third-order valence-corrected chi connectivity index (χ3v) is 4.16. The molecule has 0 aliphatic carbocycles. The Hall–Kier alpha value is -2.21. The average molecular weight is 332 g/mol. The van der Waals surface area contributed by atoms with Gasteiger partial charge in [0.1, 0.15) is 5.82 Å². The van der Waals surface area contributed by atoms with Gasteiger partial charge in [0.05, 0.1) is 18.3 Å². The van der Waals surface area contributed by atoms with Gasteiger partial charge in [-0.15, -0.1) is 0 Å². The van der Waals surface area contributed by atoms with Gasteiger partial charge in [-0.3, -0.25) is 4.79 Å². The van der Waals surface area contributed by atoms with Crippen LogP contribution in [0.2, 0.25) is 0 Å². The highest BCUT2D eigenvalue weighted by molar-refractivity contribution is 5.76. The lowest BCUT2D eigenvalue weighted by atomic mass is 10.1. The van der Waals surface area contributed by atoms with Gasteiger partial charge in [-0.05, 0) is 44.0 Å². The SMILES string of the molecule is C[C@H](NC(=O)CCc1ncc(-c2ccc(F)cc2)o1)[C@H]1CCCO1. The fraction of sp³-hybridized carbons (Fsp3) is 0.444. The number of nitrogens with one attached hydrogen (secondary N) is 1. The second kappa shape index (κ2) is 7.57. The number of amides is 1. The first-order valence-electron chi connectivity index (χ1n) is 8.23. The summed E-state index contributed by atoms with van der Waals surface area (Å²) in [6.07, 6.45) is 4.47. The molecule has 0 radical (unpaired) electrons. The molecule has 1 aromatic carbocycles. The highest BCUT2D eigenvalue weighted by Gasteiger charge is 2.23. The molecule has 2 aromatic rings. The van der Waals surface area contributed by atoms with Crippen molar-refractivity contribution in [3.63, 3.8) is 0 Å². The molecule has 2 atom stereocenters. The van der Waals surface area contributed by atoms with E-state index in [4.69, 9.17) is 9.15 Å². The fourth-order valence-electron chi connectivity index (χ4n) is 2.81. The predicted octanol–water partition coefficient (Wildman–Crippen LogP) is 3.10. The molecule has 0 spiro atoms. The first-order chi connectivity index (χ1) is 11.6. The minimum absolute atomic E-state index is 0.0133. The third-order valence-electron chi connectivity index (χ3n) is 4.16.